The number of rotatable bonds is 18. The highest BCUT2D eigenvalue weighted by Crippen LogP contribution is 2.36. The van der Waals surface area contributed by atoms with Crippen LogP contribution in [0.4, 0.5) is 11.6 Å². The number of carbonyl (C=O) groups excluding carboxylic acids is 2. The minimum atomic E-state index is -1.20. The molecular formula is C46H80BBrN8O10Si2. The Balaban J connectivity index is 0.000000282. The van der Waals surface area contributed by atoms with Gasteiger partial charge in [-0.3, -0.25) is 18.7 Å². The van der Waals surface area contributed by atoms with Gasteiger partial charge in [0, 0.05) is 106 Å². The minimum Gasteiger partial charge on any atom is -0.463 e. The van der Waals surface area contributed by atoms with Crippen molar-refractivity contribution in [1.29, 1.82) is 0 Å². The molecule has 0 saturated carbocycles. The maximum absolute atomic E-state index is 13.0. The number of piperazine rings is 2. The second kappa shape index (κ2) is 27.2. The maximum Gasteiger partial charge on any atom is 0.487 e. The molecule has 68 heavy (non-hydrogen) atoms. The third-order valence-corrected chi connectivity index (χ3v) is 15.4. The summed E-state index contributed by atoms with van der Waals surface area (Å²) in [5.41, 5.74) is -0.477. The van der Waals surface area contributed by atoms with Gasteiger partial charge in [-0.05, 0) is 95.7 Å². The van der Waals surface area contributed by atoms with E-state index < -0.39 is 29.2 Å². The van der Waals surface area contributed by atoms with Crippen LogP contribution in [0.5, 0.6) is 0 Å². The number of halogens is 1. The van der Waals surface area contributed by atoms with Crippen molar-refractivity contribution in [1.82, 2.24) is 28.9 Å². The number of nitrogens with zero attached hydrogens (tertiary/aromatic N) is 8. The number of esters is 2. The number of anilines is 2. The van der Waals surface area contributed by atoms with E-state index in [2.05, 4.69) is 94.0 Å². The van der Waals surface area contributed by atoms with Crippen LogP contribution in [0.1, 0.15) is 47.2 Å². The van der Waals surface area contributed by atoms with Gasteiger partial charge < -0.3 is 47.9 Å². The molecule has 0 spiro atoms. The van der Waals surface area contributed by atoms with E-state index in [0.717, 1.165) is 64.4 Å². The standard InChI is InChI=1S/C20H34N4O4Si.C15H27BrN4O2Si.C11H19BO4/c1-6-28-18(25)8-7-17-15-24(16-27-13-14-29(3,4)5)20(26)19(21-17)23-11-9-22(2)10-12-23;1-18-5-7-19(8-6-18)14-15(21)20(11-13(16)17-14)12-22-9-10-23(2,3)4;1-6-14-9(13)7-8-12-15-10(2,3)11(4,5)16-12/h7-8,15H,6,9-14,16H2,1-5H3;11H,5-10,12H2,1-4H3;7-8H,6H2,1-5H3/b8-7+;;8-7+. The molecule has 5 rings (SSSR count). The van der Waals surface area contributed by atoms with Crippen LogP contribution in [0.25, 0.3) is 6.08 Å². The molecule has 382 valence electrons. The molecule has 0 amide bonds. The summed E-state index contributed by atoms with van der Waals surface area (Å²) in [6.45, 7) is 34.4. The largest absolute Gasteiger partial charge is 0.487 e. The molecule has 2 aromatic heterocycles. The molecule has 2 aromatic rings. The van der Waals surface area contributed by atoms with Gasteiger partial charge in [-0.15, -0.1) is 0 Å². The lowest BCUT2D eigenvalue weighted by atomic mass is 9.90. The Morgan fingerprint density at radius 1 is 0.691 bits per heavy atom. The van der Waals surface area contributed by atoms with Crippen molar-refractivity contribution in [3.8, 4) is 0 Å². The van der Waals surface area contributed by atoms with Gasteiger partial charge in [-0.2, -0.15) is 0 Å². The molecule has 3 aliphatic rings. The van der Waals surface area contributed by atoms with Gasteiger partial charge in [0.2, 0.25) is 0 Å². The number of ether oxygens (including phenoxy) is 4. The first-order valence-corrected chi connectivity index (χ1v) is 31.9. The topological polar surface area (TPSA) is 172 Å². The number of likely N-dealkylation sites (N-methyl/N-ethyl adjacent to an activating group) is 2. The number of carbonyl (C=O) groups is 2. The van der Waals surface area contributed by atoms with E-state index in [-0.39, 0.29) is 41.8 Å². The van der Waals surface area contributed by atoms with Gasteiger partial charge in [0.25, 0.3) is 11.1 Å². The summed E-state index contributed by atoms with van der Waals surface area (Å²) >= 11 is 3.41. The molecule has 0 radical (unpaired) electrons. The van der Waals surface area contributed by atoms with E-state index in [4.69, 9.17) is 28.3 Å². The second-order valence-electron chi connectivity index (χ2n) is 20.5. The molecule has 0 aromatic carbocycles. The van der Waals surface area contributed by atoms with Gasteiger partial charge in [0.05, 0.1) is 30.1 Å². The highest BCUT2D eigenvalue weighted by molar-refractivity contribution is 9.10. The highest BCUT2D eigenvalue weighted by Gasteiger charge is 2.50. The third-order valence-electron chi connectivity index (χ3n) is 11.6. The molecule has 3 fully saturated rings. The SMILES string of the molecule is CCOC(=O)/C=C/B1OC(C)(C)C(C)(C)O1.CCOC(=O)/C=C/c1cn(COCC[Si](C)(C)C)c(=O)c(N2CCN(C)CC2)n1.CN1CCN(c2nc(Br)cn(COCC[Si](C)(C)C)c2=O)CC1. The first kappa shape index (κ1) is 58.8. The third kappa shape index (κ3) is 20.5. The number of hydrogen-bond donors (Lipinski definition) is 0. The van der Waals surface area contributed by atoms with E-state index in [1.54, 1.807) is 42.9 Å². The Morgan fingerprint density at radius 2 is 1.10 bits per heavy atom. The predicted molar refractivity (Wildman–Crippen MR) is 280 cm³/mol. The van der Waals surface area contributed by atoms with Gasteiger partial charge in [-0.1, -0.05) is 39.3 Å². The molecule has 3 saturated heterocycles. The lowest BCUT2D eigenvalue weighted by Gasteiger charge is -2.33. The normalized spacial score (nSPS) is 17.8. The fraction of sp³-hybridized carbons (Fsp3) is 0.696. The van der Waals surface area contributed by atoms with E-state index in [1.165, 1.54) is 16.7 Å². The summed E-state index contributed by atoms with van der Waals surface area (Å²) in [5.74, 6) is 1.69. The number of aromatic nitrogens is 4. The van der Waals surface area contributed by atoms with Crippen molar-refractivity contribution >= 4 is 68.8 Å². The average molecular weight is 1050 g/mol. The summed E-state index contributed by atoms with van der Waals surface area (Å²) in [6, 6.07) is 2.13. The van der Waals surface area contributed by atoms with Crippen molar-refractivity contribution in [2.75, 3.05) is 103 Å². The maximum atomic E-state index is 13.0. The average Bonchev–Trinajstić information content (AvgIpc) is 3.46. The van der Waals surface area contributed by atoms with Crippen LogP contribution in [0.3, 0.4) is 0 Å². The van der Waals surface area contributed by atoms with Crippen LogP contribution in [-0.2, 0) is 51.3 Å². The molecule has 0 unspecified atom stereocenters. The zero-order chi connectivity index (χ0) is 50.9. The van der Waals surface area contributed by atoms with Gasteiger partial charge >= 0.3 is 19.1 Å². The van der Waals surface area contributed by atoms with Crippen molar-refractivity contribution in [3.05, 3.63) is 61.5 Å². The molecule has 18 nitrogen and oxygen atoms in total. The molecule has 0 bridgehead atoms. The van der Waals surface area contributed by atoms with Crippen molar-refractivity contribution in [2.24, 2.45) is 0 Å². The van der Waals surface area contributed by atoms with Gasteiger partial charge in [-0.25, -0.2) is 19.6 Å². The monoisotopic (exact) mass is 1050 g/mol. The zero-order valence-electron chi connectivity index (χ0n) is 43.4. The molecule has 0 atom stereocenters. The van der Waals surface area contributed by atoms with Crippen LogP contribution < -0.4 is 20.9 Å². The summed E-state index contributed by atoms with van der Waals surface area (Å²) < 4.78 is 36.4. The Hall–Kier alpha value is -3.48. The summed E-state index contributed by atoms with van der Waals surface area (Å²) in [6.07, 6.45) is 7.59. The fourth-order valence-electron chi connectivity index (χ4n) is 6.50. The van der Waals surface area contributed by atoms with E-state index >= 15 is 0 Å². The first-order valence-electron chi connectivity index (χ1n) is 23.7. The van der Waals surface area contributed by atoms with Crippen LogP contribution in [0.15, 0.2) is 44.7 Å². The smallest absolute Gasteiger partial charge is 0.463 e. The molecule has 3 aliphatic heterocycles. The van der Waals surface area contributed by atoms with Crippen molar-refractivity contribution < 1.29 is 37.8 Å². The fourth-order valence-corrected chi connectivity index (χ4v) is 8.43. The number of hydrogen-bond acceptors (Lipinski definition) is 16. The predicted octanol–water partition coefficient (Wildman–Crippen LogP) is 5.69. The Bertz CT molecular complexity index is 2080. The van der Waals surface area contributed by atoms with Crippen molar-refractivity contribution in [2.45, 2.75) is 118 Å². The van der Waals surface area contributed by atoms with E-state index in [1.807, 2.05) is 32.6 Å². The second-order valence-corrected chi connectivity index (χ2v) is 32.6. The zero-order valence-corrected chi connectivity index (χ0v) is 47.0. The minimum absolute atomic E-state index is 0.0780. The lowest BCUT2D eigenvalue weighted by Crippen LogP contribution is -2.47. The lowest BCUT2D eigenvalue weighted by molar-refractivity contribution is -0.138. The van der Waals surface area contributed by atoms with Crippen molar-refractivity contribution in [3.63, 3.8) is 0 Å². The summed E-state index contributed by atoms with van der Waals surface area (Å²) in [5, 5.41) is 0. The quantitative estimate of drug-likeness (QED) is 0.0771. The molecular weight excluding hydrogens is 971 g/mol. The Labute approximate surface area is 415 Å². The Morgan fingerprint density at radius 3 is 1.53 bits per heavy atom. The van der Waals surface area contributed by atoms with Crippen LogP contribution >= 0.6 is 15.9 Å². The highest BCUT2D eigenvalue weighted by atomic mass is 79.9. The molecule has 22 heteroatoms. The first-order chi connectivity index (χ1) is 31.7. The summed E-state index contributed by atoms with van der Waals surface area (Å²) in [4.78, 5) is 65.8. The summed E-state index contributed by atoms with van der Waals surface area (Å²) in [7, 11) is 1.36. The van der Waals surface area contributed by atoms with Gasteiger partial charge in [0.15, 0.2) is 11.6 Å². The Kier molecular flexibility index (Phi) is 23.5. The van der Waals surface area contributed by atoms with Crippen LogP contribution in [0, 0.1) is 0 Å². The van der Waals surface area contributed by atoms with Crippen LogP contribution in [0.2, 0.25) is 51.4 Å². The van der Waals surface area contributed by atoms with Gasteiger partial charge in [0.1, 0.15) is 18.1 Å². The van der Waals surface area contributed by atoms with Crippen LogP contribution in [-0.4, -0.2) is 168 Å². The molecule has 5 heterocycles. The van der Waals surface area contributed by atoms with E-state index in [9.17, 15) is 19.2 Å². The molecule has 0 aliphatic carbocycles. The molecule has 0 N–H and O–H groups in total. The van der Waals surface area contributed by atoms with E-state index in [0.29, 0.717) is 48.4 Å².